The van der Waals surface area contributed by atoms with Crippen molar-refractivity contribution in [3.8, 4) is 0 Å². The summed E-state index contributed by atoms with van der Waals surface area (Å²) in [6.07, 6.45) is 0.496. The van der Waals surface area contributed by atoms with E-state index >= 15 is 0 Å². The number of guanidine groups is 1. The standard InChI is InChI=1S/C16H26FN3O/c1-14(11-20-16(18-2)19-10-6-9-17)12-21-13-15-7-4-3-5-8-15/h3-5,7-8,14H,6,9-13H2,1-2H3,(H2,18,19,20). The molecule has 21 heavy (non-hydrogen) atoms. The van der Waals surface area contributed by atoms with Gasteiger partial charge >= 0.3 is 0 Å². The first-order valence-electron chi connectivity index (χ1n) is 7.38. The molecule has 1 aromatic carbocycles. The lowest BCUT2D eigenvalue weighted by Crippen LogP contribution is -2.40. The number of aliphatic imine (C=N–C) groups is 1. The number of hydrogen-bond acceptors (Lipinski definition) is 2. The molecule has 1 rings (SSSR count). The zero-order valence-corrected chi connectivity index (χ0v) is 12.9. The summed E-state index contributed by atoms with van der Waals surface area (Å²) < 4.78 is 17.7. The zero-order chi connectivity index (χ0) is 15.3. The largest absolute Gasteiger partial charge is 0.376 e. The van der Waals surface area contributed by atoms with Gasteiger partial charge in [0.15, 0.2) is 5.96 Å². The van der Waals surface area contributed by atoms with Crippen molar-refractivity contribution in [1.29, 1.82) is 0 Å². The van der Waals surface area contributed by atoms with Crippen LogP contribution in [0.1, 0.15) is 18.9 Å². The summed E-state index contributed by atoms with van der Waals surface area (Å²) in [5, 5.41) is 6.28. The molecule has 1 unspecified atom stereocenters. The van der Waals surface area contributed by atoms with Crippen LogP contribution in [-0.2, 0) is 11.3 Å². The normalized spacial score (nSPS) is 13.0. The maximum Gasteiger partial charge on any atom is 0.190 e. The van der Waals surface area contributed by atoms with Gasteiger partial charge < -0.3 is 15.4 Å². The van der Waals surface area contributed by atoms with E-state index in [-0.39, 0.29) is 6.67 Å². The van der Waals surface area contributed by atoms with Gasteiger partial charge in [-0.2, -0.15) is 0 Å². The summed E-state index contributed by atoms with van der Waals surface area (Å²) in [5.41, 5.74) is 1.18. The van der Waals surface area contributed by atoms with Gasteiger partial charge in [-0.3, -0.25) is 9.38 Å². The fraction of sp³-hybridized carbons (Fsp3) is 0.562. The van der Waals surface area contributed by atoms with Gasteiger partial charge in [0.05, 0.1) is 19.9 Å². The van der Waals surface area contributed by atoms with Crippen LogP contribution in [0.2, 0.25) is 0 Å². The average molecular weight is 295 g/mol. The van der Waals surface area contributed by atoms with Gasteiger partial charge in [0, 0.05) is 20.1 Å². The lowest BCUT2D eigenvalue weighted by Gasteiger charge is -2.16. The molecule has 0 aliphatic heterocycles. The first-order chi connectivity index (χ1) is 10.3. The first-order valence-corrected chi connectivity index (χ1v) is 7.38. The second-order valence-electron chi connectivity index (χ2n) is 5.03. The van der Waals surface area contributed by atoms with Gasteiger partial charge in [-0.25, -0.2) is 0 Å². The Hall–Kier alpha value is -1.62. The highest BCUT2D eigenvalue weighted by molar-refractivity contribution is 5.79. The monoisotopic (exact) mass is 295 g/mol. The number of halogens is 1. The molecule has 0 heterocycles. The molecule has 0 aromatic heterocycles. The molecule has 0 fully saturated rings. The molecule has 5 heteroatoms. The van der Waals surface area contributed by atoms with Crippen LogP contribution in [0.3, 0.4) is 0 Å². The molecule has 0 aliphatic rings. The van der Waals surface area contributed by atoms with Gasteiger partial charge in [0.1, 0.15) is 0 Å². The van der Waals surface area contributed by atoms with Crippen LogP contribution in [0.5, 0.6) is 0 Å². The van der Waals surface area contributed by atoms with Crippen LogP contribution in [-0.4, -0.2) is 39.4 Å². The molecule has 1 aromatic rings. The number of hydrogen-bond donors (Lipinski definition) is 2. The maximum absolute atomic E-state index is 12.0. The van der Waals surface area contributed by atoms with Crippen molar-refractivity contribution in [2.45, 2.75) is 20.0 Å². The predicted octanol–water partition coefficient (Wildman–Crippen LogP) is 2.36. The highest BCUT2D eigenvalue weighted by atomic mass is 19.1. The maximum atomic E-state index is 12.0. The first kappa shape index (κ1) is 17.4. The number of benzene rings is 1. The smallest absolute Gasteiger partial charge is 0.190 e. The van der Waals surface area contributed by atoms with E-state index in [1.807, 2.05) is 18.2 Å². The molecule has 0 aliphatic carbocycles. The molecule has 0 radical (unpaired) electrons. The number of rotatable bonds is 9. The van der Waals surface area contributed by atoms with Gasteiger partial charge in [-0.05, 0) is 17.9 Å². The van der Waals surface area contributed by atoms with Crippen molar-refractivity contribution in [2.75, 3.05) is 33.4 Å². The Morgan fingerprint density at radius 2 is 2.05 bits per heavy atom. The average Bonchev–Trinajstić information content (AvgIpc) is 2.52. The summed E-state index contributed by atoms with van der Waals surface area (Å²) in [6.45, 7) is 4.48. The lowest BCUT2D eigenvalue weighted by atomic mass is 10.2. The summed E-state index contributed by atoms with van der Waals surface area (Å²) in [4.78, 5) is 4.09. The molecule has 1 atom stereocenters. The minimum Gasteiger partial charge on any atom is -0.376 e. The van der Waals surface area contributed by atoms with Crippen LogP contribution < -0.4 is 10.6 Å². The topological polar surface area (TPSA) is 45.7 Å². The third-order valence-electron chi connectivity index (χ3n) is 2.96. The summed E-state index contributed by atoms with van der Waals surface area (Å²) >= 11 is 0. The Labute approximate surface area is 126 Å². The Kier molecular flexibility index (Phi) is 9.20. The molecule has 0 bridgehead atoms. The molecule has 0 saturated carbocycles. The predicted molar refractivity (Wildman–Crippen MR) is 85.2 cm³/mol. The van der Waals surface area contributed by atoms with Crippen LogP contribution in [0.25, 0.3) is 0 Å². The molecular weight excluding hydrogens is 269 g/mol. The van der Waals surface area contributed by atoms with Crippen molar-refractivity contribution >= 4 is 5.96 Å². The van der Waals surface area contributed by atoms with Crippen LogP contribution in [0, 0.1) is 5.92 Å². The van der Waals surface area contributed by atoms with Gasteiger partial charge in [0.25, 0.3) is 0 Å². The Balaban J connectivity index is 2.13. The summed E-state index contributed by atoms with van der Waals surface area (Å²) in [6, 6.07) is 10.1. The highest BCUT2D eigenvalue weighted by Gasteiger charge is 2.04. The van der Waals surface area contributed by atoms with E-state index in [0.717, 1.165) is 6.54 Å². The third-order valence-corrected chi connectivity index (χ3v) is 2.96. The molecule has 2 N–H and O–H groups in total. The van der Waals surface area contributed by atoms with E-state index < -0.39 is 0 Å². The van der Waals surface area contributed by atoms with E-state index in [2.05, 4.69) is 34.7 Å². The van der Waals surface area contributed by atoms with E-state index in [0.29, 0.717) is 38.1 Å². The van der Waals surface area contributed by atoms with Crippen molar-refractivity contribution in [3.63, 3.8) is 0 Å². The molecule has 0 saturated heterocycles. The van der Waals surface area contributed by atoms with Crippen LogP contribution in [0.15, 0.2) is 35.3 Å². The quantitative estimate of drug-likeness (QED) is 0.418. The fourth-order valence-electron chi connectivity index (χ4n) is 1.78. The number of nitrogens with zero attached hydrogens (tertiary/aromatic N) is 1. The summed E-state index contributed by atoms with van der Waals surface area (Å²) in [5.74, 6) is 1.08. The second kappa shape index (κ2) is 11.1. The Bertz CT molecular complexity index is 398. The Morgan fingerprint density at radius 1 is 1.29 bits per heavy atom. The van der Waals surface area contributed by atoms with Crippen molar-refractivity contribution < 1.29 is 9.13 Å². The van der Waals surface area contributed by atoms with Gasteiger partial charge in [0.2, 0.25) is 0 Å². The van der Waals surface area contributed by atoms with Crippen LogP contribution in [0.4, 0.5) is 4.39 Å². The number of ether oxygens (including phenoxy) is 1. The molecule has 0 spiro atoms. The van der Waals surface area contributed by atoms with E-state index in [1.165, 1.54) is 5.56 Å². The second-order valence-corrected chi connectivity index (χ2v) is 5.03. The number of alkyl halides is 1. The van der Waals surface area contributed by atoms with Crippen molar-refractivity contribution in [2.24, 2.45) is 10.9 Å². The van der Waals surface area contributed by atoms with E-state index in [1.54, 1.807) is 7.05 Å². The highest BCUT2D eigenvalue weighted by Crippen LogP contribution is 2.02. The van der Waals surface area contributed by atoms with Gasteiger partial charge in [-0.15, -0.1) is 0 Å². The Morgan fingerprint density at radius 3 is 2.71 bits per heavy atom. The van der Waals surface area contributed by atoms with Crippen molar-refractivity contribution in [1.82, 2.24) is 10.6 Å². The minimum atomic E-state index is -0.312. The van der Waals surface area contributed by atoms with E-state index in [9.17, 15) is 4.39 Å². The van der Waals surface area contributed by atoms with E-state index in [4.69, 9.17) is 4.74 Å². The SMILES string of the molecule is CN=C(NCCCF)NCC(C)COCc1ccccc1. The third kappa shape index (κ3) is 8.30. The number of nitrogens with one attached hydrogen (secondary N) is 2. The molecule has 4 nitrogen and oxygen atoms in total. The van der Waals surface area contributed by atoms with Gasteiger partial charge in [-0.1, -0.05) is 37.3 Å². The fourth-order valence-corrected chi connectivity index (χ4v) is 1.78. The molecular formula is C16H26FN3O. The molecule has 0 amide bonds. The molecule has 118 valence electrons. The van der Waals surface area contributed by atoms with Crippen molar-refractivity contribution in [3.05, 3.63) is 35.9 Å². The minimum absolute atomic E-state index is 0.312. The van der Waals surface area contributed by atoms with Crippen LogP contribution >= 0.6 is 0 Å². The zero-order valence-electron chi connectivity index (χ0n) is 12.9. The summed E-state index contributed by atoms with van der Waals surface area (Å²) in [7, 11) is 1.71. The lowest BCUT2D eigenvalue weighted by molar-refractivity contribution is 0.0931.